The van der Waals surface area contributed by atoms with Crippen LogP contribution in [0.4, 0.5) is 17.1 Å². The molecule has 0 atom stereocenters. The zero-order valence-corrected chi connectivity index (χ0v) is 35.8. The van der Waals surface area contributed by atoms with Gasteiger partial charge in [0.05, 0.1) is 5.69 Å². The van der Waals surface area contributed by atoms with Gasteiger partial charge in [0.25, 0.3) is 0 Å². The molecule has 0 N–H and O–H groups in total. The van der Waals surface area contributed by atoms with Crippen LogP contribution in [0.5, 0.6) is 0 Å². The van der Waals surface area contributed by atoms with E-state index in [1.807, 2.05) is 11.3 Å². The summed E-state index contributed by atoms with van der Waals surface area (Å²) < 4.78 is 2.62. The van der Waals surface area contributed by atoms with Gasteiger partial charge < -0.3 is 4.90 Å². The Morgan fingerprint density at radius 1 is 0.250 bits per heavy atom. The third-order valence-corrected chi connectivity index (χ3v) is 13.8. The summed E-state index contributed by atoms with van der Waals surface area (Å²) in [4.78, 5) is 2.43. The Morgan fingerprint density at radius 3 is 1.48 bits per heavy atom. The van der Waals surface area contributed by atoms with Crippen molar-refractivity contribution in [3.63, 3.8) is 0 Å². The molecule has 0 radical (unpaired) electrons. The summed E-state index contributed by atoms with van der Waals surface area (Å²) in [5, 5.41) is 7.63. The number of hydrogen-bond donors (Lipinski definition) is 0. The highest BCUT2D eigenvalue weighted by Crippen LogP contribution is 2.45. The third-order valence-electron chi connectivity index (χ3n) is 12.7. The molecule has 64 heavy (non-hydrogen) atoms. The van der Waals surface area contributed by atoms with Gasteiger partial charge in [-0.15, -0.1) is 11.3 Å². The lowest BCUT2D eigenvalue weighted by atomic mass is 9.95. The van der Waals surface area contributed by atoms with Crippen LogP contribution in [-0.4, -0.2) is 0 Å². The molecule has 0 spiro atoms. The van der Waals surface area contributed by atoms with Crippen molar-refractivity contribution in [3.05, 3.63) is 249 Å². The van der Waals surface area contributed by atoms with Gasteiger partial charge in [0.2, 0.25) is 0 Å². The minimum atomic E-state index is 1.09. The monoisotopic (exact) mass is 831 g/mol. The molecule has 1 heterocycles. The number of rotatable bonds is 8. The molecule has 0 saturated heterocycles. The van der Waals surface area contributed by atoms with Gasteiger partial charge >= 0.3 is 0 Å². The fourth-order valence-corrected chi connectivity index (χ4v) is 10.6. The molecule has 2 heteroatoms. The van der Waals surface area contributed by atoms with Crippen LogP contribution in [0.2, 0.25) is 0 Å². The Morgan fingerprint density at radius 2 is 0.734 bits per heavy atom. The van der Waals surface area contributed by atoms with E-state index >= 15 is 0 Å². The minimum Gasteiger partial charge on any atom is -0.310 e. The van der Waals surface area contributed by atoms with E-state index in [1.165, 1.54) is 91.8 Å². The molecule has 11 aromatic carbocycles. The zero-order chi connectivity index (χ0) is 42.4. The maximum atomic E-state index is 2.43. The van der Waals surface area contributed by atoms with Gasteiger partial charge in [0.15, 0.2) is 0 Å². The molecule has 12 aromatic rings. The largest absolute Gasteiger partial charge is 0.310 e. The summed E-state index contributed by atoms with van der Waals surface area (Å²) in [6.07, 6.45) is 0. The lowest BCUT2D eigenvalue weighted by molar-refractivity contribution is 1.28. The van der Waals surface area contributed by atoms with Crippen molar-refractivity contribution < 1.29 is 0 Å². The Balaban J connectivity index is 0.960. The summed E-state index contributed by atoms with van der Waals surface area (Å²) in [7, 11) is 0. The van der Waals surface area contributed by atoms with Crippen molar-refractivity contribution in [2.75, 3.05) is 4.90 Å². The third kappa shape index (κ3) is 6.82. The number of benzene rings is 11. The van der Waals surface area contributed by atoms with Crippen LogP contribution >= 0.6 is 11.3 Å². The van der Waals surface area contributed by atoms with Gasteiger partial charge in [-0.05, 0) is 126 Å². The first-order valence-electron chi connectivity index (χ1n) is 21.9. The van der Waals surface area contributed by atoms with Crippen molar-refractivity contribution in [1.82, 2.24) is 0 Å². The molecule has 0 saturated carbocycles. The van der Waals surface area contributed by atoms with E-state index in [9.17, 15) is 0 Å². The highest BCUT2D eigenvalue weighted by Gasteiger charge is 2.19. The molecule has 0 aliphatic carbocycles. The zero-order valence-electron chi connectivity index (χ0n) is 35.0. The first-order valence-corrected chi connectivity index (χ1v) is 22.7. The van der Waals surface area contributed by atoms with E-state index in [1.54, 1.807) is 0 Å². The number of thiophene rings is 1. The average Bonchev–Trinajstić information content (AvgIpc) is 3.75. The number of para-hydroxylation sites is 1. The quantitative estimate of drug-likeness (QED) is 0.147. The van der Waals surface area contributed by atoms with E-state index in [0.29, 0.717) is 0 Å². The minimum absolute atomic E-state index is 1.09. The van der Waals surface area contributed by atoms with E-state index in [2.05, 4.69) is 254 Å². The van der Waals surface area contributed by atoms with E-state index in [4.69, 9.17) is 0 Å². The second-order valence-electron chi connectivity index (χ2n) is 16.5. The van der Waals surface area contributed by atoms with Crippen molar-refractivity contribution in [1.29, 1.82) is 0 Å². The lowest BCUT2D eigenvalue weighted by Gasteiger charge is -2.28. The maximum Gasteiger partial charge on any atom is 0.0540 e. The van der Waals surface area contributed by atoms with E-state index < -0.39 is 0 Å². The highest BCUT2D eigenvalue weighted by molar-refractivity contribution is 7.25. The molecular formula is C62H41NS. The van der Waals surface area contributed by atoms with Crippen LogP contribution < -0.4 is 4.90 Å². The van der Waals surface area contributed by atoms with Crippen molar-refractivity contribution in [3.8, 4) is 55.6 Å². The molecule has 0 amide bonds. The smallest absolute Gasteiger partial charge is 0.0540 e. The molecule has 0 fully saturated rings. The Kier molecular flexibility index (Phi) is 9.43. The number of nitrogens with zero attached hydrogens (tertiary/aromatic N) is 1. The summed E-state index contributed by atoms with van der Waals surface area (Å²) in [6.45, 7) is 0. The van der Waals surface area contributed by atoms with Gasteiger partial charge in [0.1, 0.15) is 0 Å². The van der Waals surface area contributed by atoms with E-state index in [0.717, 1.165) is 22.6 Å². The van der Waals surface area contributed by atoms with Crippen LogP contribution in [-0.2, 0) is 0 Å². The molecule has 1 aromatic heterocycles. The van der Waals surface area contributed by atoms with Gasteiger partial charge in [0, 0.05) is 37.1 Å². The number of hydrogen-bond acceptors (Lipinski definition) is 2. The van der Waals surface area contributed by atoms with Gasteiger partial charge in [-0.1, -0.05) is 194 Å². The molecular weight excluding hydrogens is 791 g/mol. The normalized spacial score (nSPS) is 11.4. The predicted octanol–water partition coefficient (Wildman–Crippen LogP) is 18.2. The SMILES string of the molecule is c1cc(-c2cccc(N(c3ccc(-c4ccc(-c5cccc6ccccc56)cc4)cc3)c3ccccc3-c3ccc4sc5ccccc5c4c3)c2)cc(-c2cccc3ccccc23)c1. The molecule has 300 valence electrons. The Labute approximate surface area is 377 Å². The first-order chi connectivity index (χ1) is 31.7. The van der Waals surface area contributed by atoms with Crippen molar-refractivity contribution in [2.24, 2.45) is 0 Å². The fourth-order valence-electron chi connectivity index (χ4n) is 9.52. The van der Waals surface area contributed by atoms with Gasteiger partial charge in [-0.25, -0.2) is 0 Å². The molecule has 0 aliphatic rings. The summed E-state index contributed by atoms with van der Waals surface area (Å²) in [5.74, 6) is 0. The standard InChI is InChI=1S/C62H41NS/c1-3-21-53-44(13-1)15-11-25-55(53)46-31-29-42(30-32-46)43-33-36-51(37-34-43)63(60-27-7-5-23-57(60)50-35-38-62-59(41-50)58-24-6-8-28-61(58)64-62)52-20-10-18-48(40-52)47-17-9-19-49(39-47)56-26-12-16-45-14-2-4-22-54(45)56/h1-41H. The second kappa shape index (κ2) is 16.0. The van der Waals surface area contributed by atoms with Crippen LogP contribution in [0.1, 0.15) is 0 Å². The highest BCUT2D eigenvalue weighted by atomic mass is 32.1. The molecule has 0 bridgehead atoms. The van der Waals surface area contributed by atoms with Crippen LogP contribution in [0.3, 0.4) is 0 Å². The molecule has 1 nitrogen and oxygen atoms in total. The van der Waals surface area contributed by atoms with E-state index in [-0.39, 0.29) is 0 Å². The molecule has 0 aliphatic heterocycles. The fraction of sp³-hybridized carbons (Fsp3) is 0. The summed E-state index contributed by atoms with van der Waals surface area (Å²) in [5.41, 5.74) is 15.3. The molecule has 0 unspecified atom stereocenters. The summed E-state index contributed by atoms with van der Waals surface area (Å²) >= 11 is 1.86. The summed E-state index contributed by atoms with van der Waals surface area (Å²) in [6, 6.07) is 91.0. The van der Waals surface area contributed by atoms with Crippen LogP contribution in [0.25, 0.3) is 97.4 Å². The topological polar surface area (TPSA) is 3.24 Å². The van der Waals surface area contributed by atoms with Crippen molar-refractivity contribution in [2.45, 2.75) is 0 Å². The Bertz CT molecular complexity index is 3660. The average molecular weight is 832 g/mol. The first kappa shape index (κ1) is 37.7. The van der Waals surface area contributed by atoms with Crippen LogP contribution in [0.15, 0.2) is 249 Å². The number of fused-ring (bicyclic) bond motifs is 5. The Hall–Kier alpha value is -8.04. The van der Waals surface area contributed by atoms with Crippen molar-refractivity contribution >= 4 is 70.1 Å². The number of anilines is 3. The second-order valence-corrected chi connectivity index (χ2v) is 17.6. The lowest BCUT2D eigenvalue weighted by Crippen LogP contribution is -2.11. The van der Waals surface area contributed by atoms with Gasteiger partial charge in [-0.2, -0.15) is 0 Å². The molecule has 12 rings (SSSR count). The maximum absolute atomic E-state index is 2.43. The van der Waals surface area contributed by atoms with Gasteiger partial charge in [-0.3, -0.25) is 0 Å². The van der Waals surface area contributed by atoms with Crippen LogP contribution in [0, 0.1) is 0 Å². The predicted molar refractivity (Wildman–Crippen MR) is 276 cm³/mol.